The largest absolute Gasteiger partial charge is 0.352 e. The van der Waals surface area contributed by atoms with E-state index in [1.54, 1.807) is 35.4 Å². The van der Waals surface area contributed by atoms with E-state index in [1.807, 2.05) is 36.4 Å². The molecular formula is C26H25N3O2S. The first-order valence-electron chi connectivity index (χ1n) is 10.5. The Bertz CT molecular complexity index is 1300. The third kappa shape index (κ3) is 4.92. The standard InChI is InChI=1S/C26H25N3O2S/c1-18-26(31)29(17-20-6-4-3-5-7-20)24-13-10-21(16-23(24)28-18)25(30)27-15-14-19-8-11-22(32-2)12-9-19/h3-13,16H,14-15,17H2,1-2H3,(H,27,30). The van der Waals surface area contributed by atoms with E-state index in [9.17, 15) is 9.59 Å². The topological polar surface area (TPSA) is 64.0 Å². The van der Waals surface area contributed by atoms with Crippen LogP contribution >= 0.6 is 11.8 Å². The highest BCUT2D eigenvalue weighted by atomic mass is 32.2. The third-order valence-corrected chi connectivity index (χ3v) is 6.16. The zero-order valence-electron chi connectivity index (χ0n) is 18.2. The van der Waals surface area contributed by atoms with E-state index in [-0.39, 0.29) is 11.5 Å². The monoisotopic (exact) mass is 443 g/mol. The third-order valence-electron chi connectivity index (χ3n) is 5.41. The number of hydrogen-bond acceptors (Lipinski definition) is 4. The molecule has 0 aliphatic heterocycles. The lowest BCUT2D eigenvalue weighted by molar-refractivity contribution is 0.0954. The van der Waals surface area contributed by atoms with Crippen molar-refractivity contribution in [2.45, 2.75) is 24.8 Å². The summed E-state index contributed by atoms with van der Waals surface area (Å²) in [5.41, 5.74) is 4.41. The molecule has 0 spiro atoms. The molecule has 3 aromatic carbocycles. The summed E-state index contributed by atoms with van der Waals surface area (Å²) in [4.78, 5) is 31.1. The number of carbonyl (C=O) groups is 1. The highest BCUT2D eigenvalue weighted by Gasteiger charge is 2.12. The molecular weight excluding hydrogens is 418 g/mol. The van der Waals surface area contributed by atoms with Crippen molar-refractivity contribution in [2.24, 2.45) is 0 Å². The Hall–Kier alpha value is -3.38. The molecule has 0 unspecified atom stereocenters. The minimum atomic E-state index is -0.145. The molecule has 4 rings (SSSR count). The summed E-state index contributed by atoms with van der Waals surface area (Å²) >= 11 is 1.71. The maximum atomic E-state index is 12.7. The second kappa shape index (κ2) is 9.83. The molecule has 32 heavy (non-hydrogen) atoms. The van der Waals surface area contributed by atoms with Crippen LogP contribution in [0.25, 0.3) is 11.0 Å². The fourth-order valence-corrected chi connectivity index (χ4v) is 4.06. The fourth-order valence-electron chi connectivity index (χ4n) is 3.65. The van der Waals surface area contributed by atoms with E-state index in [4.69, 9.17) is 0 Å². The number of carbonyl (C=O) groups excluding carboxylic acids is 1. The van der Waals surface area contributed by atoms with Crippen molar-refractivity contribution < 1.29 is 4.79 Å². The van der Waals surface area contributed by atoms with Crippen molar-refractivity contribution >= 4 is 28.7 Å². The Labute approximate surface area is 191 Å². The Kier molecular flexibility index (Phi) is 6.71. The highest BCUT2D eigenvalue weighted by molar-refractivity contribution is 7.98. The van der Waals surface area contributed by atoms with E-state index in [1.165, 1.54) is 10.5 Å². The molecule has 0 bridgehead atoms. The maximum absolute atomic E-state index is 12.7. The number of hydrogen-bond donors (Lipinski definition) is 1. The van der Waals surface area contributed by atoms with Gasteiger partial charge in [0.2, 0.25) is 0 Å². The summed E-state index contributed by atoms with van der Waals surface area (Å²) in [7, 11) is 0. The van der Waals surface area contributed by atoms with Crippen LogP contribution in [0.5, 0.6) is 0 Å². The minimum absolute atomic E-state index is 0.119. The van der Waals surface area contributed by atoms with E-state index in [0.29, 0.717) is 29.9 Å². The van der Waals surface area contributed by atoms with Gasteiger partial charge in [0, 0.05) is 17.0 Å². The summed E-state index contributed by atoms with van der Waals surface area (Å²) in [5, 5.41) is 2.98. The van der Waals surface area contributed by atoms with Gasteiger partial charge in [0.25, 0.3) is 11.5 Å². The Morgan fingerprint density at radius 1 is 1.00 bits per heavy atom. The number of nitrogens with one attached hydrogen (secondary N) is 1. The average molecular weight is 444 g/mol. The first kappa shape index (κ1) is 21.8. The molecule has 1 heterocycles. The molecule has 0 aliphatic carbocycles. The second-order valence-electron chi connectivity index (χ2n) is 7.63. The number of rotatable bonds is 7. The summed E-state index contributed by atoms with van der Waals surface area (Å²) in [5.74, 6) is -0.145. The zero-order valence-corrected chi connectivity index (χ0v) is 19.0. The predicted molar refractivity (Wildman–Crippen MR) is 131 cm³/mol. The lowest BCUT2D eigenvalue weighted by Gasteiger charge is -2.12. The molecule has 6 heteroatoms. The SMILES string of the molecule is CSc1ccc(CCNC(=O)c2ccc3c(c2)nc(C)c(=O)n3Cc2ccccc2)cc1. The lowest BCUT2D eigenvalue weighted by Crippen LogP contribution is -2.27. The Morgan fingerprint density at radius 3 is 2.47 bits per heavy atom. The van der Waals surface area contributed by atoms with Gasteiger partial charge < -0.3 is 9.88 Å². The van der Waals surface area contributed by atoms with Crippen LogP contribution in [-0.2, 0) is 13.0 Å². The van der Waals surface area contributed by atoms with Crippen molar-refractivity contribution in [3.8, 4) is 0 Å². The van der Waals surface area contributed by atoms with Crippen LogP contribution in [0.2, 0.25) is 0 Å². The van der Waals surface area contributed by atoms with Crippen LogP contribution in [0, 0.1) is 6.92 Å². The molecule has 162 valence electrons. The number of fused-ring (bicyclic) bond motifs is 1. The first-order chi connectivity index (χ1) is 15.5. The molecule has 0 fully saturated rings. The number of aryl methyl sites for hydroxylation is 1. The highest BCUT2D eigenvalue weighted by Crippen LogP contribution is 2.16. The van der Waals surface area contributed by atoms with Crippen LogP contribution < -0.4 is 10.9 Å². The number of benzene rings is 3. The van der Waals surface area contributed by atoms with Crippen LogP contribution in [-0.4, -0.2) is 28.3 Å². The minimum Gasteiger partial charge on any atom is -0.352 e. The number of aromatic nitrogens is 2. The summed E-state index contributed by atoms with van der Waals surface area (Å²) < 4.78 is 1.72. The van der Waals surface area contributed by atoms with Crippen molar-refractivity contribution in [1.82, 2.24) is 14.9 Å². The van der Waals surface area contributed by atoms with E-state index in [0.717, 1.165) is 17.5 Å². The molecule has 4 aromatic rings. The molecule has 0 radical (unpaired) electrons. The molecule has 1 N–H and O–H groups in total. The molecule has 0 saturated carbocycles. The molecule has 0 saturated heterocycles. The van der Waals surface area contributed by atoms with Gasteiger partial charge in [-0.15, -0.1) is 11.8 Å². The summed E-state index contributed by atoms with van der Waals surface area (Å²) in [6.07, 6.45) is 2.82. The van der Waals surface area contributed by atoms with Crippen molar-refractivity contribution in [3.63, 3.8) is 0 Å². The van der Waals surface area contributed by atoms with Gasteiger partial charge in [-0.25, -0.2) is 4.98 Å². The number of amides is 1. The second-order valence-corrected chi connectivity index (χ2v) is 8.51. The number of thioether (sulfide) groups is 1. The molecule has 1 aromatic heterocycles. The number of nitrogens with zero attached hydrogens (tertiary/aromatic N) is 2. The van der Waals surface area contributed by atoms with Crippen LogP contribution in [0.1, 0.15) is 27.2 Å². The molecule has 1 amide bonds. The van der Waals surface area contributed by atoms with Crippen molar-refractivity contribution in [3.05, 3.63) is 106 Å². The van der Waals surface area contributed by atoms with Gasteiger partial charge in [-0.05, 0) is 61.1 Å². The summed E-state index contributed by atoms with van der Waals surface area (Å²) in [6, 6.07) is 23.5. The molecule has 5 nitrogen and oxygen atoms in total. The van der Waals surface area contributed by atoms with Gasteiger partial charge in [-0.1, -0.05) is 42.5 Å². The van der Waals surface area contributed by atoms with Gasteiger partial charge >= 0.3 is 0 Å². The van der Waals surface area contributed by atoms with Gasteiger partial charge in [0.05, 0.1) is 17.6 Å². The van der Waals surface area contributed by atoms with Crippen LogP contribution in [0.3, 0.4) is 0 Å². The van der Waals surface area contributed by atoms with Gasteiger partial charge in [-0.2, -0.15) is 0 Å². The Morgan fingerprint density at radius 2 is 1.75 bits per heavy atom. The first-order valence-corrected chi connectivity index (χ1v) is 11.7. The smallest absolute Gasteiger partial charge is 0.272 e. The van der Waals surface area contributed by atoms with E-state index in [2.05, 4.69) is 40.8 Å². The molecule has 0 aliphatic rings. The predicted octanol–water partition coefficient (Wildman–Crippen LogP) is 4.45. The maximum Gasteiger partial charge on any atom is 0.272 e. The average Bonchev–Trinajstić information content (AvgIpc) is 2.82. The lowest BCUT2D eigenvalue weighted by atomic mass is 10.1. The Balaban J connectivity index is 1.51. The van der Waals surface area contributed by atoms with Crippen LogP contribution in [0.4, 0.5) is 0 Å². The van der Waals surface area contributed by atoms with E-state index >= 15 is 0 Å². The van der Waals surface area contributed by atoms with Crippen molar-refractivity contribution in [1.29, 1.82) is 0 Å². The van der Waals surface area contributed by atoms with Crippen molar-refractivity contribution in [2.75, 3.05) is 12.8 Å². The zero-order chi connectivity index (χ0) is 22.5. The van der Waals surface area contributed by atoms with Gasteiger partial charge in [-0.3, -0.25) is 9.59 Å². The van der Waals surface area contributed by atoms with Gasteiger partial charge in [0.1, 0.15) is 5.69 Å². The van der Waals surface area contributed by atoms with Crippen LogP contribution in [0.15, 0.2) is 82.5 Å². The molecule has 0 atom stereocenters. The normalized spacial score (nSPS) is 10.9. The van der Waals surface area contributed by atoms with E-state index < -0.39 is 0 Å². The quantitative estimate of drug-likeness (QED) is 0.429. The summed E-state index contributed by atoms with van der Waals surface area (Å²) in [6.45, 7) is 2.72. The fraction of sp³-hybridized carbons (Fsp3) is 0.192. The van der Waals surface area contributed by atoms with Gasteiger partial charge in [0.15, 0.2) is 0 Å².